The first kappa shape index (κ1) is 13.8. The summed E-state index contributed by atoms with van der Waals surface area (Å²) in [6, 6.07) is 10.3. The maximum absolute atomic E-state index is 7.83. The number of aryl methyl sites for hydroxylation is 2. The Labute approximate surface area is 111 Å². The Morgan fingerprint density at radius 1 is 1.12 bits per heavy atom. The van der Waals surface area contributed by atoms with Crippen LogP contribution in [0.2, 0.25) is 0 Å². The summed E-state index contributed by atoms with van der Waals surface area (Å²) in [4.78, 5) is 1.34. The van der Waals surface area contributed by atoms with Gasteiger partial charge in [0.05, 0.1) is 0 Å². The first-order valence-corrected chi connectivity index (χ1v) is 6.36. The van der Waals surface area contributed by atoms with Crippen molar-refractivity contribution < 1.29 is 8.95 Å². The smallest absolute Gasteiger partial charge is 0.197 e. The molecule has 4 heteroatoms. The lowest BCUT2D eigenvalue weighted by molar-refractivity contribution is 0.306. The highest BCUT2D eigenvalue weighted by Gasteiger charge is 2.00. The van der Waals surface area contributed by atoms with E-state index in [4.69, 9.17) is 8.95 Å². The maximum atomic E-state index is 7.83. The number of hydrogen-bond acceptors (Lipinski definition) is 4. The third-order valence-corrected chi connectivity index (χ3v) is 3.27. The largest absolute Gasteiger partial charge is 0.489 e. The molecule has 2 nitrogen and oxygen atoms in total. The summed E-state index contributed by atoms with van der Waals surface area (Å²) < 4.78 is 13.5. The van der Waals surface area contributed by atoms with E-state index < -0.39 is 0 Å². The van der Waals surface area contributed by atoms with Crippen molar-refractivity contribution in [3.63, 3.8) is 0 Å². The van der Waals surface area contributed by atoms with Gasteiger partial charge in [-0.1, -0.05) is 17.7 Å². The summed E-state index contributed by atoms with van der Waals surface area (Å²) in [7, 11) is 0. The normalized spacial score (nSPS) is 9.29. The van der Waals surface area contributed by atoms with Crippen molar-refractivity contribution in [3.8, 4) is 5.75 Å². The molecule has 0 aliphatic heterocycles. The molecule has 1 heterocycles. The number of ether oxygens (including phenoxy) is 1. The van der Waals surface area contributed by atoms with E-state index in [1.54, 1.807) is 11.3 Å². The number of benzene rings is 1. The van der Waals surface area contributed by atoms with Crippen molar-refractivity contribution in [2.45, 2.75) is 20.5 Å². The van der Waals surface area contributed by atoms with Gasteiger partial charge >= 0.3 is 0 Å². The Balaban J connectivity index is 0.000000686. The van der Waals surface area contributed by atoms with Crippen molar-refractivity contribution >= 4 is 23.9 Å². The van der Waals surface area contributed by atoms with Crippen LogP contribution in [0.5, 0.6) is 5.75 Å². The number of thiophene rings is 1. The van der Waals surface area contributed by atoms with Crippen LogP contribution < -0.4 is 4.74 Å². The van der Waals surface area contributed by atoms with Crippen LogP contribution in [0, 0.1) is 13.8 Å². The molecule has 0 aliphatic rings. The summed E-state index contributed by atoms with van der Waals surface area (Å²) in [5.41, 5.74) is 2.54. The molecular formula is C13H14O2S2. The zero-order valence-corrected chi connectivity index (χ0v) is 11.4. The minimum Gasteiger partial charge on any atom is -0.489 e. The van der Waals surface area contributed by atoms with Gasteiger partial charge in [-0.3, -0.25) is 0 Å². The van der Waals surface area contributed by atoms with E-state index in [1.165, 1.54) is 16.0 Å². The molecule has 0 bridgehead atoms. The lowest BCUT2D eigenvalue weighted by Crippen LogP contribution is -1.94. The van der Waals surface area contributed by atoms with Crippen molar-refractivity contribution in [3.05, 3.63) is 51.7 Å². The molecule has 0 unspecified atom stereocenters. The fourth-order valence-electron chi connectivity index (χ4n) is 1.36. The van der Waals surface area contributed by atoms with Crippen LogP contribution in [0.15, 0.2) is 35.7 Å². The summed E-state index contributed by atoms with van der Waals surface area (Å²) in [6.45, 7) is 4.86. The van der Waals surface area contributed by atoms with Gasteiger partial charge in [0.25, 0.3) is 0 Å². The maximum Gasteiger partial charge on any atom is 0.197 e. The van der Waals surface area contributed by atoms with E-state index in [2.05, 4.69) is 50.0 Å². The van der Waals surface area contributed by atoms with Crippen molar-refractivity contribution in [2.24, 2.45) is 0 Å². The molecular weight excluding hydrogens is 252 g/mol. The zero-order valence-electron chi connectivity index (χ0n) is 9.80. The van der Waals surface area contributed by atoms with Gasteiger partial charge in [-0.15, -0.1) is 11.3 Å². The van der Waals surface area contributed by atoms with Crippen LogP contribution in [0.3, 0.4) is 0 Å². The first-order chi connectivity index (χ1) is 8.25. The molecule has 1 aromatic heterocycles. The zero-order chi connectivity index (χ0) is 12.7. The van der Waals surface area contributed by atoms with E-state index in [-0.39, 0.29) is 0 Å². The summed E-state index contributed by atoms with van der Waals surface area (Å²) in [5, 5.41) is 2.10. The lowest BCUT2D eigenvalue weighted by Gasteiger charge is -2.05. The van der Waals surface area contributed by atoms with Crippen LogP contribution >= 0.6 is 11.3 Å². The van der Waals surface area contributed by atoms with Gasteiger partial charge in [-0.25, -0.2) is 0 Å². The molecule has 0 saturated carbocycles. The van der Waals surface area contributed by atoms with Crippen LogP contribution in [0.1, 0.15) is 16.0 Å². The van der Waals surface area contributed by atoms with E-state index >= 15 is 0 Å². The number of rotatable bonds is 3. The molecule has 2 rings (SSSR count). The van der Waals surface area contributed by atoms with Crippen molar-refractivity contribution in [1.82, 2.24) is 0 Å². The Hall–Kier alpha value is -1.26. The molecule has 0 amide bonds. The average Bonchev–Trinajstić information content (AvgIpc) is 2.77. The standard InChI is InChI=1S/C13H14OS.OS/c1-10-3-5-13(6-4-10)14-9-12-7-8-15-11(12)2;1-2/h3-8H,9H2,1-2H3;. The van der Waals surface area contributed by atoms with Crippen molar-refractivity contribution in [1.29, 1.82) is 0 Å². The van der Waals surface area contributed by atoms with Crippen LogP contribution in [-0.2, 0) is 19.1 Å². The third kappa shape index (κ3) is 4.24. The fraction of sp³-hybridized carbons (Fsp3) is 0.231. The van der Waals surface area contributed by atoms with Crippen LogP contribution in [0.25, 0.3) is 0 Å². The molecule has 0 aliphatic carbocycles. The molecule has 0 radical (unpaired) electrons. The van der Waals surface area contributed by atoms with E-state index in [9.17, 15) is 0 Å². The molecule has 0 atom stereocenters. The minimum atomic E-state index is 0.665. The lowest BCUT2D eigenvalue weighted by atomic mass is 10.2. The highest BCUT2D eigenvalue weighted by atomic mass is 32.1. The van der Waals surface area contributed by atoms with E-state index in [1.807, 2.05) is 12.1 Å². The molecule has 0 spiro atoms. The minimum absolute atomic E-state index is 0.665. The topological polar surface area (TPSA) is 26.3 Å². The molecule has 1 aromatic carbocycles. The Morgan fingerprint density at radius 3 is 2.29 bits per heavy atom. The third-order valence-electron chi connectivity index (χ3n) is 2.38. The predicted molar refractivity (Wildman–Crippen MR) is 72.7 cm³/mol. The summed E-state index contributed by atoms with van der Waals surface area (Å²) in [5.74, 6) is 0.936. The molecule has 0 N–H and O–H groups in total. The molecule has 0 fully saturated rings. The van der Waals surface area contributed by atoms with E-state index in [0.29, 0.717) is 6.61 Å². The van der Waals surface area contributed by atoms with Gasteiger partial charge in [-0.05, 0) is 37.4 Å². The monoisotopic (exact) mass is 266 g/mol. The van der Waals surface area contributed by atoms with Crippen LogP contribution in [0.4, 0.5) is 0 Å². The SMILES string of the molecule is Cc1ccc(OCc2ccsc2C)cc1.O=S. The van der Waals surface area contributed by atoms with Gasteiger partial charge in [-0.2, -0.15) is 4.21 Å². The quantitative estimate of drug-likeness (QED) is 0.849. The Bertz CT molecular complexity index is 449. The van der Waals surface area contributed by atoms with Gasteiger partial charge in [0.2, 0.25) is 0 Å². The molecule has 0 saturated heterocycles. The second kappa shape index (κ2) is 7.14. The Morgan fingerprint density at radius 2 is 1.76 bits per heavy atom. The Kier molecular flexibility index (Phi) is 5.80. The predicted octanol–water partition coefficient (Wildman–Crippen LogP) is 3.61. The summed E-state index contributed by atoms with van der Waals surface area (Å²) >= 11 is 4.60. The fourth-order valence-corrected chi connectivity index (χ4v) is 2.07. The molecule has 17 heavy (non-hydrogen) atoms. The van der Waals surface area contributed by atoms with Crippen LogP contribution in [-0.4, -0.2) is 4.21 Å². The molecule has 2 aromatic rings. The number of hydrogen-bond donors (Lipinski definition) is 0. The molecule has 90 valence electrons. The average molecular weight is 266 g/mol. The van der Waals surface area contributed by atoms with Crippen molar-refractivity contribution in [2.75, 3.05) is 0 Å². The van der Waals surface area contributed by atoms with Gasteiger partial charge in [0.1, 0.15) is 12.4 Å². The second-order valence-corrected chi connectivity index (χ2v) is 4.72. The van der Waals surface area contributed by atoms with E-state index in [0.717, 1.165) is 5.75 Å². The summed E-state index contributed by atoms with van der Waals surface area (Å²) in [6.07, 6.45) is 0. The first-order valence-electron chi connectivity index (χ1n) is 5.15. The van der Waals surface area contributed by atoms with Gasteiger partial charge in [0.15, 0.2) is 12.5 Å². The highest BCUT2D eigenvalue weighted by molar-refractivity contribution is 7.44. The second-order valence-electron chi connectivity index (χ2n) is 3.60. The van der Waals surface area contributed by atoms with Gasteiger partial charge in [0, 0.05) is 10.4 Å². The van der Waals surface area contributed by atoms with Gasteiger partial charge < -0.3 is 4.74 Å². The highest BCUT2D eigenvalue weighted by Crippen LogP contribution is 2.18.